The molecular weight excluding hydrogens is 617 g/mol. The van der Waals surface area contributed by atoms with Crippen LogP contribution in [0.1, 0.15) is 32.6 Å². The molecule has 0 bridgehead atoms. The zero-order chi connectivity index (χ0) is 31.1. The Morgan fingerprint density at radius 3 is 1.89 bits per heavy atom. The van der Waals surface area contributed by atoms with Crippen molar-refractivity contribution < 1.29 is 9.90 Å². The summed E-state index contributed by atoms with van der Waals surface area (Å²) < 4.78 is 0. The smallest absolute Gasteiger partial charge is 0.335 e. The molecule has 5 rings (SSSR count). The van der Waals surface area contributed by atoms with E-state index in [-0.39, 0.29) is 5.56 Å². The first-order chi connectivity index (χ1) is 21.4. The van der Waals surface area contributed by atoms with Gasteiger partial charge in [0.25, 0.3) is 0 Å². The van der Waals surface area contributed by atoms with Gasteiger partial charge < -0.3 is 5.11 Å². The molecule has 0 aliphatic rings. The summed E-state index contributed by atoms with van der Waals surface area (Å²) in [6.07, 6.45) is 8.10. The van der Waals surface area contributed by atoms with Crippen molar-refractivity contribution in [1.29, 1.82) is 0 Å². The maximum Gasteiger partial charge on any atom is 0.335 e. The van der Waals surface area contributed by atoms with Crippen molar-refractivity contribution in [2.45, 2.75) is 20.1 Å². The summed E-state index contributed by atoms with van der Waals surface area (Å²) >= 11 is 18.7. The van der Waals surface area contributed by atoms with Crippen LogP contribution in [-0.4, -0.2) is 11.1 Å². The number of rotatable bonds is 9. The molecular formula is C38H30O2S4. The van der Waals surface area contributed by atoms with Crippen LogP contribution < -0.4 is 0 Å². The molecule has 5 aromatic rings. The van der Waals surface area contributed by atoms with Gasteiger partial charge in [-0.15, -0.1) is 37.9 Å². The van der Waals surface area contributed by atoms with Gasteiger partial charge in [-0.05, 0) is 80.8 Å². The zero-order valence-electron chi connectivity index (χ0n) is 23.6. The van der Waals surface area contributed by atoms with E-state index in [1.54, 1.807) is 17.5 Å². The van der Waals surface area contributed by atoms with Gasteiger partial charge in [-0.3, -0.25) is 0 Å². The van der Waals surface area contributed by atoms with Gasteiger partial charge in [-0.25, -0.2) is 4.79 Å². The number of carboxylic acid groups (broad SMARTS) is 1. The number of carbonyl (C=O) groups is 1. The molecule has 0 aliphatic carbocycles. The lowest BCUT2D eigenvalue weighted by Crippen LogP contribution is -2.31. The van der Waals surface area contributed by atoms with Crippen molar-refractivity contribution in [2.75, 3.05) is 0 Å². The van der Waals surface area contributed by atoms with E-state index in [0.717, 1.165) is 53.6 Å². The average Bonchev–Trinajstić information content (AvgIpc) is 3.04. The number of benzene rings is 5. The molecule has 6 heteroatoms. The third-order valence-corrected chi connectivity index (χ3v) is 8.93. The van der Waals surface area contributed by atoms with Gasteiger partial charge in [0.2, 0.25) is 0 Å². The van der Waals surface area contributed by atoms with Crippen LogP contribution in [0.5, 0.6) is 0 Å². The summed E-state index contributed by atoms with van der Waals surface area (Å²) in [5, 5.41) is 11.4. The minimum absolute atomic E-state index is 0.214. The highest BCUT2D eigenvalue weighted by Gasteiger charge is 2.39. The van der Waals surface area contributed by atoms with Crippen molar-refractivity contribution in [3.8, 4) is 11.1 Å². The van der Waals surface area contributed by atoms with Gasteiger partial charge in [-0.1, -0.05) is 109 Å². The van der Waals surface area contributed by atoms with E-state index in [0.29, 0.717) is 0 Å². The normalized spacial score (nSPS) is 13.3. The number of carboxylic acids is 1. The highest BCUT2D eigenvalue weighted by molar-refractivity contribution is 7.83. The van der Waals surface area contributed by atoms with E-state index >= 15 is 0 Å². The van der Waals surface area contributed by atoms with E-state index in [1.807, 2.05) is 97.1 Å². The van der Waals surface area contributed by atoms with Crippen LogP contribution >= 0.6 is 50.5 Å². The largest absolute Gasteiger partial charge is 0.478 e. The number of hydrogen-bond donors (Lipinski definition) is 5. The van der Waals surface area contributed by atoms with Gasteiger partial charge in [0.1, 0.15) is 0 Å². The molecule has 0 spiro atoms. The summed E-state index contributed by atoms with van der Waals surface area (Å²) in [5.74, 6) is -0.979. The predicted molar refractivity (Wildman–Crippen MR) is 195 cm³/mol. The topological polar surface area (TPSA) is 37.3 Å². The second kappa shape index (κ2) is 14.3. The molecule has 0 saturated carbocycles. The molecule has 0 heterocycles. The number of thiol groups is 4. The van der Waals surface area contributed by atoms with Gasteiger partial charge in [0, 0.05) is 14.7 Å². The molecule has 0 aliphatic heterocycles. The summed E-state index contributed by atoms with van der Waals surface area (Å²) in [6.45, 7) is 0. The van der Waals surface area contributed by atoms with Gasteiger partial charge in [0.05, 0.1) is 11.0 Å². The van der Waals surface area contributed by atoms with Crippen molar-refractivity contribution >= 4 is 62.6 Å². The number of hydrogen-bond acceptors (Lipinski definition) is 5. The Balaban J connectivity index is 1.90. The molecule has 0 amide bonds. The van der Waals surface area contributed by atoms with Gasteiger partial charge >= 0.3 is 5.97 Å². The maximum absolute atomic E-state index is 11.9. The summed E-state index contributed by atoms with van der Waals surface area (Å²) in [6, 6.07) is 39.5. The van der Waals surface area contributed by atoms with Crippen molar-refractivity contribution in [1.82, 2.24) is 0 Å². The van der Waals surface area contributed by atoms with Crippen LogP contribution in [-0.2, 0) is 5.41 Å². The van der Waals surface area contributed by atoms with Crippen LogP contribution in [0, 0.1) is 0 Å². The fraction of sp³-hybridized carbons (Fsp3) is 0.0263. The number of aromatic carboxylic acids is 1. The Labute approximate surface area is 280 Å². The zero-order valence-corrected chi connectivity index (χ0v) is 27.2. The second-order valence-corrected chi connectivity index (χ2v) is 11.8. The summed E-state index contributed by atoms with van der Waals surface area (Å²) in [7, 11) is 0. The quantitative estimate of drug-likeness (QED) is 0.0628. The van der Waals surface area contributed by atoms with Crippen molar-refractivity contribution in [3.05, 3.63) is 178 Å². The lowest BCUT2D eigenvalue weighted by atomic mass is 9.64. The van der Waals surface area contributed by atoms with Crippen LogP contribution in [0.3, 0.4) is 0 Å². The van der Waals surface area contributed by atoms with Crippen LogP contribution in [0.25, 0.3) is 17.2 Å². The molecule has 1 unspecified atom stereocenters. The first kappa shape index (κ1) is 31.6. The van der Waals surface area contributed by atoms with E-state index in [1.165, 1.54) is 0 Å². The van der Waals surface area contributed by atoms with Crippen LogP contribution in [0.15, 0.2) is 165 Å². The van der Waals surface area contributed by atoms with Crippen LogP contribution in [0.2, 0.25) is 0 Å². The molecule has 0 fully saturated rings. The minimum atomic E-state index is -0.979. The van der Waals surface area contributed by atoms with E-state index in [2.05, 4.69) is 49.0 Å². The monoisotopic (exact) mass is 646 g/mol. The summed E-state index contributed by atoms with van der Waals surface area (Å²) in [4.78, 5) is 14.4. The molecule has 0 aromatic heterocycles. The lowest BCUT2D eigenvalue weighted by molar-refractivity contribution is 0.0697. The molecule has 2 nitrogen and oxygen atoms in total. The highest BCUT2D eigenvalue weighted by Crippen LogP contribution is 2.48. The summed E-state index contributed by atoms with van der Waals surface area (Å²) in [5.41, 5.74) is 6.01. The average molecular weight is 647 g/mol. The third-order valence-electron chi connectivity index (χ3n) is 7.57. The Kier molecular flexibility index (Phi) is 10.3. The van der Waals surface area contributed by atoms with Crippen LogP contribution in [0.4, 0.5) is 0 Å². The molecule has 44 heavy (non-hydrogen) atoms. The Morgan fingerprint density at radius 2 is 1.23 bits per heavy atom. The Morgan fingerprint density at radius 1 is 0.636 bits per heavy atom. The molecule has 1 atom stereocenters. The Hall–Kier alpha value is -3.81. The SMILES string of the molecule is O=C(O)c1ccc(C(C(/C=C/c2ccccc2S)=C/C=C/S)(c2ccccc2)c2ccc(S)c(-c3ccccc3S)c2)cc1. The van der Waals surface area contributed by atoms with Crippen molar-refractivity contribution in [3.63, 3.8) is 0 Å². The highest BCUT2D eigenvalue weighted by atomic mass is 32.1. The lowest BCUT2D eigenvalue weighted by Gasteiger charge is -2.38. The molecule has 0 radical (unpaired) electrons. The fourth-order valence-corrected chi connectivity index (χ4v) is 6.36. The minimum Gasteiger partial charge on any atom is -0.478 e. The maximum atomic E-state index is 11.9. The molecule has 0 saturated heterocycles. The van der Waals surface area contributed by atoms with E-state index in [4.69, 9.17) is 37.9 Å². The fourth-order valence-electron chi connectivity index (χ4n) is 5.50. The predicted octanol–water partition coefficient (Wildman–Crippen LogP) is 10.3. The van der Waals surface area contributed by atoms with E-state index in [9.17, 15) is 9.90 Å². The van der Waals surface area contributed by atoms with E-state index < -0.39 is 11.4 Å². The Bertz CT molecular complexity index is 1880. The third kappa shape index (κ3) is 6.49. The van der Waals surface area contributed by atoms with Gasteiger partial charge in [-0.2, -0.15) is 12.6 Å². The molecule has 5 aromatic carbocycles. The standard InChI is InChI=1S/C38H30O2S4/c39-37(40)27-17-20-30(21-18-27)38(28-10-2-1-3-11-28,29(12-8-24-41)19-16-26-9-4-6-14-34(26)42)31-22-23-36(44)33(25-31)32-13-5-7-15-35(32)43/h1-25,41-44H,(H,39,40)/b19-16+,24-8+,29-12+. The molecule has 218 valence electrons. The molecule has 1 N–H and O–H groups in total. The number of allylic oxidation sites excluding steroid dienone is 4. The first-order valence-corrected chi connectivity index (χ1v) is 15.7. The van der Waals surface area contributed by atoms with Gasteiger partial charge in [0.15, 0.2) is 0 Å². The second-order valence-electron chi connectivity index (χ2n) is 10.1. The van der Waals surface area contributed by atoms with Crippen molar-refractivity contribution in [2.24, 2.45) is 0 Å². The first-order valence-electron chi connectivity index (χ1n) is 13.8.